The van der Waals surface area contributed by atoms with Gasteiger partial charge in [-0.1, -0.05) is 6.92 Å². The van der Waals surface area contributed by atoms with Gasteiger partial charge in [-0.15, -0.1) is 0 Å². The summed E-state index contributed by atoms with van der Waals surface area (Å²) < 4.78 is 25.8. The highest BCUT2D eigenvalue weighted by atomic mass is 32.2. The fourth-order valence-electron chi connectivity index (χ4n) is 1.66. The molecular formula is C12H12N2O3S. The van der Waals surface area contributed by atoms with Crippen LogP contribution < -0.4 is 4.72 Å². The van der Waals surface area contributed by atoms with Crippen LogP contribution in [0.5, 0.6) is 0 Å². The van der Waals surface area contributed by atoms with E-state index in [1.165, 1.54) is 24.3 Å². The molecular weight excluding hydrogens is 252 g/mol. The van der Waals surface area contributed by atoms with Crippen LogP contribution in [0.1, 0.15) is 18.9 Å². The van der Waals surface area contributed by atoms with Crippen molar-refractivity contribution in [1.29, 1.82) is 5.26 Å². The molecule has 0 aliphatic heterocycles. The van der Waals surface area contributed by atoms with E-state index in [1.54, 1.807) is 0 Å². The molecule has 1 amide bonds. The minimum atomic E-state index is -3.82. The summed E-state index contributed by atoms with van der Waals surface area (Å²) in [7, 11) is -3.82. The molecule has 0 heterocycles. The predicted octanol–water partition coefficient (Wildman–Crippen LogP) is 1.02. The lowest BCUT2D eigenvalue weighted by Crippen LogP contribution is -2.32. The number of carbonyl (C=O) groups excluding carboxylic acids is 1. The first-order chi connectivity index (χ1) is 8.44. The van der Waals surface area contributed by atoms with Gasteiger partial charge in [0.05, 0.1) is 16.5 Å². The first-order valence-corrected chi connectivity index (χ1v) is 6.99. The van der Waals surface area contributed by atoms with Crippen LogP contribution in [0.2, 0.25) is 0 Å². The number of amides is 1. The second-order valence-electron chi connectivity index (χ2n) is 4.43. The summed E-state index contributed by atoms with van der Waals surface area (Å²) in [5.41, 5.74) is 0.371. The van der Waals surface area contributed by atoms with Gasteiger partial charge in [-0.25, -0.2) is 13.1 Å². The van der Waals surface area contributed by atoms with Gasteiger partial charge in [-0.2, -0.15) is 5.26 Å². The number of hydrogen-bond acceptors (Lipinski definition) is 4. The average molecular weight is 264 g/mol. The number of nitriles is 1. The molecule has 0 saturated heterocycles. The monoisotopic (exact) mass is 264 g/mol. The summed E-state index contributed by atoms with van der Waals surface area (Å²) in [5.74, 6) is -0.397. The molecule has 1 fully saturated rings. The molecule has 1 aliphatic carbocycles. The smallest absolute Gasteiger partial charge is 0.264 e. The van der Waals surface area contributed by atoms with Gasteiger partial charge in [-0.05, 0) is 36.6 Å². The standard InChI is InChI=1S/C12H12N2O3S/c1-8-6-11(8)12(15)14-18(16,17)10-4-2-9(7-13)3-5-10/h2-5,8,11H,6H2,1H3,(H,14,15)/t8-,11+/m0/s1. The van der Waals surface area contributed by atoms with Crippen molar-refractivity contribution >= 4 is 15.9 Å². The molecule has 1 aliphatic rings. The zero-order chi connectivity index (χ0) is 13.3. The highest BCUT2D eigenvalue weighted by Gasteiger charge is 2.40. The van der Waals surface area contributed by atoms with Crippen molar-refractivity contribution in [3.05, 3.63) is 29.8 Å². The molecule has 2 atom stereocenters. The quantitative estimate of drug-likeness (QED) is 0.883. The average Bonchev–Trinajstić information content (AvgIpc) is 3.06. The van der Waals surface area contributed by atoms with Crippen LogP contribution in [-0.2, 0) is 14.8 Å². The van der Waals surface area contributed by atoms with E-state index < -0.39 is 15.9 Å². The third kappa shape index (κ3) is 2.51. The van der Waals surface area contributed by atoms with Crippen molar-refractivity contribution in [2.45, 2.75) is 18.2 Å². The summed E-state index contributed by atoms with van der Waals surface area (Å²) in [5, 5.41) is 8.62. The van der Waals surface area contributed by atoms with Crippen LogP contribution in [-0.4, -0.2) is 14.3 Å². The number of sulfonamides is 1. The molecule has 1 aromatic rings. The minimum absolute atomic E-state index is 0.0110. The lowest BCUT2D eigenvalue weighted by atomic mass is 10.2. The number of hydrogen-bond donors (Lipinski definition) is 1. The van der Waals surface area contributed by atoms with Crippen LogP contribution in [0.3, 0.4) is 0 Å². The lowest BCUT2D eigenvalue weighted by Gasteiger charge is -2.06. The van der Waals surface area contributed by atoms with Crippen molar-refractivity contribution in [2.75, 3.05) is 0 Å². The van der Waals surface area contributed by atoms with E-state index in [2.05, 4.69) is 4.72 Å². The van der Waals surface area contributed by atoms with Crippen molar-refractivity contribution in [2.24, 2.45) is 11.8 Å². The SMILES string of the molecule is C[C@H]1C[C@H]1C(=O)NS(=O)(=O)c1ccc(C#N)cc1. The van der Waals surface area contributed by atoms with Gasteiger partial charge in [-0.3, -0.25) is 4.79 Å². The van der Waals surface area contributed by atoms with Gasteiger partial charge in [0.25, 0.3) is 10.0 Å². The van der Waals surface area contributed by atoms with Gasteiger partial charge in [0.1, 0.15) is 0 Å². The minimum Gasteiger partial charge on any atom is -0.274 e. The Balaban J connectivity index is 2.15. The zero-order valence-electron chi connectivity index (χ0n) is 9.75. The first kappa shape index (κ1) is 12.6. The zero-order valence-corrected chi connectivity index (χ0v) is 10.6. The lowest BCUT2D eigenvalue weighted by molar-refractivity contribution is -0.120. The molecule has 94 valence electrons. The van der Waals surface area contributed by atoms with Gasteiger partial charge in [0, 0.05) is 5.92 Å². The fourth-order valence-corrected chi connectivity index (χ4v) is 2.69. The van der Waals surface area contributed by atoms with E-state index in [9.17, 15) is 13.2 Å². The molecule has 6 heteroatoms. The van der Waals surface area contributed by atoms with Crippen LogP contribution in [0.15, 0.2) is 29.2 Å². The van der Waals surface area contributed by atoms with Gasteiger partial charge < -0.3 is 0 Å². The van der Waals surface area contributed by atoms with Crippen molar-refractivity contribution in [3.63, 3.8) is 0 Å². The molecule has 0 aromatic heterocycles. The van der Waals surface area contributed by atoms with E-state index in [1.807, 2.05) is 13.0 Å². The van der Waals surface area contributed by atoms with Gasteiger partial charge >= 0.3 is 0 Å². The molecule has 0 radical (unpaired) electrons. The van der Waals surface area contributed by atoms with Crippen molar-refractivity contribution in [3.8, 4) is 6.07 Å². The summed E-state index contributed by atoms with van der Waals surface area (Å²) in [6.07, 6.45) is 0.731. The summed E-state index contributed by atoms with van der Waals surface area (Å²) in [6.45, 7) is 1.90. The van der Waals surface area contributed by atoms with Crippen LogP contribution in [0.4, 0.5) is 0 Å². The molecule has 0 spiro atoms. The molecule has 1 saturated carbocycles. The normalized spacial score (nSPS) is 22.0. The number of nitrogens with one attached hydrogen (secondary N) is 1. The molecule has 5 nitrogen and oxygen atoms in total. The van der Waals surface area contributed by atoms with E-state index >= 15 is 0 Å². The highest BCUT2D eigenvalue weighted by Crippen LogP contribution is 2.37. The van der Waals surface area contributed by atoms with Gasteiger partial charge in [0.2, 0.25) is 5.91 Å². The van der Waals surface area contributed by atoms with E-state index in [0.717, 1.165) is 6.42 Å². The van der Waals surface area contributed by atoms with Gasteiger partial charge in [0.15, 0.2) is 0 Å². The molecule has 0 bridgehead atoms. The molecule has 1 N–H and O–H groups in total. The molecule has 0 unspecified atom stereocenters. The second-order valence-corrected chi connectivity index (χ2v) is 6.11. The molecule has 2 rings (SSSR count). The van der Waals surface area contributed by atoms with E-state index in [4.69, 9.17) is 5.26 Å². The van der Waals surface area contributed by atoms with Crippen LogP contribution >= 0.6 is 0 Å². The summed E-state index contributed by atoms with van der Waals surface area (Å²) in [6, 6.07) is 7.32. The first-order valence-electron chi connectivity index (χ1n) is 5.51. The van der Waals surface area contributed by atoms with Crippen LogP contribution in [0.25, 0.3) is 0 Å². The fraction of sp³-hybridized carbons (Fsp3) is 0.333. The Morgan fingerprint density at radius 3 is 2.39 bits per heavy atom. The largest absolute Gasteiger partial charge is 0.274 e. The Hall–Kier alpha value is -1.87. The number of carbonyl (C=O) groups is 1. The Kier molecular flexibility index (Phi) is 3.09. The second kappa shape index (κ2) is 4.42. The maximum absolute atomic E-state index is 11.9. The topological polar surface area (TPSA) is 87.0 Å². The molecule has 18 heavy (non-hydrogen) atoms. The Labute approximate surface area is 105 Å². The maximum atomic E-state index is 11.9. The summed E-state index contributed by atoms with van der Waals surface area (Å²) >= 11 is 0. The van der Waals surface area contributed by atoms with Crippen molar-refractivity contribution in [1.82, 2.24) is 4.72 Å². The highest BCUT2D eigenvalue weighted by molar-refractivity contribution is 7.90. The van der Waals surface area contributed by atoms with Crippen molar-refractivity contribution < 1.29 is 13.2 Å². The Bertz CT molecular complexity index is 614. The third-order valence-electron chi connectivity index (χ3n) is 2.97. The maximum Gasteiger partial charge on any atom is 0.264 e. The third-order valence-corrected chi connectivity index (χ3v) is 4.34. The van der Waals surface area contributed by atoms with Crippen LogP contribution in [0, 0.1) is 23.2 Å². The predicted molar refractivity (Wildman–Crippen MR) is 63.8 cm³/mol. The summed E-state index contributed by atoms with van der Waals surface area (Å²) in [4.78, 5) is 11.6. The number of nitrogens with zero attached hydrogens (tertiary/aromatic N) is 1. The number of rotatable bonds is 3. The Morgan fingerprint density at radius 2 is 1.94 bits per heavy atom. The van der Waals surface area contributed by atoms with E-state index in [-0.39, 0.29) is 16.7 Å². The Morgan fingerprint density at radius 1 is 1.39 bits per heavy atom. The molecule has 1 aromatic carbocycles. The van der Waals surface area contributed by atoms with E-state index in [0.29, 0.717) is 5.56 Å². The number of benzene rings is 1.